The summed E-state index contributed by atoms with van der Waals surface area (Å²) in [5.74, 6) is 0. The predicted octanol–water partition coefficient (Wildman–Crippen LogP) is 2.07. The molecular formula is C6H9F. The molecule has 0 radical (unpaired) electrons. The fourth-order valence-corrected chi connectivity index (χ4v) is 0.157. The maximum absolute atomic E-state index is 3.46. The Kier molecular flexibility index (Phi) is 12.1. The Labute approximate surface area is 43.2 Å². The Morgan fingerprint density at radius 3 is 1.29 bits per heavy atom. The van der Waals surface area contributed by atoms with E-state index in [2.05, 4.69) is 13.2 Å². The Hall–Kier alpha value is -0.850. The van der Waals surface area contributed by atoms with Crippen molar-refractivity contribution in [3.63, 3.8) is 0 Å². The van der Waals surface area contributed by atoms with Crippen molar-refractivity contribution in [3.05, 3.63) is 37.5 Å². The van der Waals surface area contributed by atoms with E-state index in [4.69, 9.17) is 0 Å². The number of hydrogen-bond acceptors (Lipinski definition) is 0. The summed E-state index contributed by atoms with van der Waals surface area (Å²) >= 11 is 0. The van der Waals surface area contributed by atoms with Gasteiger partial charge in [0.25, 0.3) is 0 Å². The highest BCUT2D eigenvalue weighted by molar-refractivity contribution is 5.05. The predicted molar refractivity (Wildman–Crippen MR) is 32.0 cm³/mol. The molecule has 0 bridgehead atoms. The fraction of sp³-hybridized carbons (Fsp3) is 0. The summed E-state index contributed by atoms with van der Waals surface area (Å²) in [4.78, 5) is 0. The molecule has 0 nitrogen and oxygen atoms in total. The Balaban J connectivity index is 0. The molecule has 0 aliphatic rings. The van der Waals surface area contributed by atoms with Crippen molar-refractivity contribution in [2.75, 3.05) is 0 Å². The average molecular weight is 100 g/mol. The molecule has 0 aliphatic carbocycles. The number of halogens is 1. The highest BCUT2D eigenvalue weighted by atomic mass is 19.0. The van der Waals surface area contributed by atoms with E-state index in [1.54, 1.807) is 12.2 Å². The van der Waals surface area contributed by atoms with Crippen LogP contribution in [-0.2, 0) is 0 Å². The number of allylic oxidation sites excluding steroid dienone is 4. The van der Waals surface area contributed by atoms with Gasteiger partial charge < -0.3 is 0 Å². The molecule has 0 aliphatic heterocycles. The molecule has 0 amide bonds. The summed E-state index contributed by atoms with van der Waals surface area (Å²) in [5.41, 5.74) is 0. The van der Waals surface area contributed by atoms with Crippen molar-refractivity contribution in [2.45, 2.75) is 0 Å². The molecule has 0 saturated heterocycles. The van der Waals surface area contributed by atoms with Crippen molar-refractivity contribution in [2.24, 2.45) is 0 Å². The lowest BCUT2D eigenvalue weighted by molar-refractivity contribution is 1.11. The standard InChI is InChI=1S/C6H8.FH/c1-3-5-6-4-2;/h3-6H,1-2H2;1H/b6-5-;. The van der Waals surface area contributed by atoms with Crippen molar-refractivity contribution in [3.8, 4) is 0 Å². The summed E-state index contributed by atoms with van der Waals surface area (Å²) < 4.78 is 0. The zero-order chi connectivity index (χ0) is 4.83. The van der Waals surface area contributed by atoms with Crippen molar-refractivity contribution < 1.29 is 4.70 Å². The first-order valence-corrected chi connectivity index (χ1v) is 1.82. The molecule has 0 rings (SSSR count). The quantitative estimate of drug-likeness (QED) is 0.466. The van der Waals surface area contributed by atoms with Gasteiger partial charge in [0.15, 0.2) is 0 Å². The summed E-state index contributed by atoms with van der Waals surface area (Å²) in [6, 6.07) is 0. The molecule has 0 unspecified atom stereocenters. The maximum atomic E-state index is 3.46. The zero-order valence-corrected chi connectivity index (χ0v) is 4.13. The van der Waals surface area contributed by atoms with Crippen LogP contribution in [0.3, 0.4) is 0 Å². The second kappa shape index (κ2) is 8.94. The van der Waals surface area contributed by atoms with Crippen LogP contribution < -0.4 is 0 Å². The Morgan fingerprint density at radius 2 is 1.14 bits per heavy atom. The Morgan fingerprint density at radius 1 is 0.857 bits per heavy atom. The molecule has 0 aromatic rings. The van der Waals surface area contributed by atoms with Gasteiger partial charge in [-0.15, -0.1) is 0 Å². The van der Waals surface area contributed by atoms with Gasteiger partial charge in [-0.1, -0.05) is 37.5 Å². The van der Waals surface area contributed by atoms with Crippen LogP contribution in [0, 0.1) is 0 Å². The largest absolute Gasteiger partial charge is 0.269 e. The van der Waals surface area contributed by atoms with Gasteiger partial charge in [-0.3, -0.25) is 4.70 Å². The number of hydrogen-bond donors (Lipinski definition) is 0. The molecule has 7 heavy (non-hydrogen) atoms. The van der Waals surface area contributed by atoms with Crippen molar-refractivity contribution in [1.29, 1.82) is 0 Å². The van der Waals surface area contributed by atoms with Gasteiger partial charge in [0.1, 0.15) is 0 Å². The molecule has 0 aromatic heterocycles. The lowest BCUT2D eigenvalue weighted by atomic mass is 10.5. The summed E-state index contributed by atoms with van der Waals surface area (Å²) in [6.45, 7) is 6.93. The van der Waals surface area contributed by atoms with Gasteiger partial charge in [0, 0.05) is 0 Å². The zero-order valence-electron chi connectivity index (χ0n) is 4.13. The van der Waals surface area contributed by atoms with Crippen LogP contribution in [-0.4, -0.2) is 0 Å². The highest BCUT2D eigenvalue weighted by Crippen LogP contribution is 1.69. The van der Waals surface area contributed by atoms with E-state index in [0.717, 1.165) is 0 Å². The summed E-state index contributed by atoms with van der Waals surface area (Å²) in [5, 5.41) is 0. The molecular weight excluding hydrogens is 91.1 g/mol. The van der Waals surface area contributed by atoms with Gasteiger partial charge in [-0.2, -0.15) is 0 Å². The molecule has 1 heteroatoms. The first-order chi connectivity index (χ1) is 2.91. The third-order valence-corrected chi connectivity index (χ3v) is 0.383. The normalized spacial score (nSPS) is 7.43. The van der Waals surface area contributed by atoms with E-state index in [-0.39, 0.29) is 4.70 Å². The minimum Gasteiger partial charge on any atom is -0.269 e. The van der Waals surface area contributed by atoms with Gasteiger partial charge in [0.05, 0.1) is 0 Å². The minimum atomic E-state index is 0. The molecule has 0 saturated carbocycles. The number of rotatable bonds is 2. The van der Waals surface area contributed by atoms with Gasteiger partial charge in [-0.05, 0) is 0 Å². The first kappa shape index (κ1) is 9.47. The van der Waals surface area contributed by atoms with E-state index >= 15 is 0 Å². The van der Waals surface area contributed by atoms with E-state index in [0.29, 0.717) is 0 Å². The lowest BCUT2D eigenvalue weighted by Crippen LogP contribution is -1.38. The average Bonchev–Trinajstić information content (AvgIpc) is 1.61. The molecule has 0 spiro atoms. The van der Waals surface area contributed by atoms with Gasteiger partial charge in [0.2, 0.25) is 0 Å². The molecule has 0 fully saturated rings. The monoisotopic (exact) mass is 100 g/mol. The SMILES string of the molecule is C=C/C=C\C=C.F. The second-order valence-electron chi connectivity index (χ2n) is 0.856. The van der Waals surface area contributed by atoms with Gasteiger partial charge >= 0.3 is 0 Å². The highest BCUT2D eigenvalue weighted by Gasteiger charge is 1.47. The molecule has 0 atom stereocenters. The minimum absolute atomic E-state index is 0. The van der Waals surface area contributed by atoms with Crippen molar-refractivity contribution in [1.82, 2.24) is 0 Å². The molecule has 0 N–H and O–H groups in total. The molecule has 40 valence electrons. The van der Waals surface area contributed by atoms with E-state index in [1.165, 1.54) is 0 Å². The molecule has 0 heterocycles. The molecule has 0 aromatic carbocycles. The third-order valence-electron chi connectivity index (χ3n) is 0.383. The van der Waals surface area contributed by atoms with Crippen LogP contribution in [0.1, 0.15) is 0 Å². The van der Waals surface area contributed by atoms with Crippen LogP contribution in [0.5, 0.6) is 0 Å². The summed E-state index contributed by atoms with van der Waals surface area (Å²) in [7, 11) is 0. The van der Waals surface area contributed by atoms with E-state index in [9.17, 15) is 0 Å². The van der Waals surface area contributed by atoms with Crippen LogP contribution >= 0.6 is 0 Å². The Bertz CT molecular complexity index is 62.2. The second-order valence-corrected chi connectivity index (χ2v) is 0.856. The van der Waals surface area contributed by atoms with Crippen LogP contribution in [0.4, 0.5) is 4.70 Å². The smallest absolute Gasteiger partial charge is 0.0629 e. The van der Waals surface area contributed by atoms with Crippen LogP contribution in [0.2, 0.25) is 0 Å². The lowest BCUT2D eigenvalue weighted by Gasteiger charge is -1.60. The third kappa shape index (κ3) is 11.1. The van der Waals surface area contributed by atoms with Crippen LogP contribution in [0.25, 0.3) is 0 Å². The van der Waals surface area contributed by atoms with Gasteiger partial charge in [-0.25, -0.2) is 0 Å². The van der Waals surface area contributed by atoms with Crippen molar-refractivity contribution >= 4 is 0 Å². The topological polar surface area (TPSA) is 0 Å². The maximum Gasteiger partial charge on any atom is -0.0629 e. The fourth-order valence-electron chi connectivity index (χ4n) is 0.157. The van der Waals surface area contributed by atoms with E-state index in [1.807, 2.05) is 12.2 Å². The first-order valence-electron chi connectivity index (χ1n) is 1.82. The summed E-state index contributed by atoms with van der Waals surface area (Å²) in [6.07, 6.45) is 7.07. The van der Waals surface area contributed by atoms with Crippen LogP contribution in [0.15, 0.2) is 37.5 Å². The van der Waals surface area contributed by atoms with E-state index < -0.39 is 0 Å².